The van der Waals surface area contributed by atoms with Crippen molar-refractivity contribution in [2.45, 2.75) is 51.0 Å². The van der Waals surface area contributed by atoms with E-state index < -0.39 is 18.1 Å². The van der Waals surface area contributed by atoms with Gasteiger partial charge in [-0.2, -0.15) is 15.3 Å². The molecule has 2 atom stereocenters. The second-order valence-electron chi connectivity index (χ2n) is 11.3. The zero-order chi connectivity index (χ0) is 29.4. The Morgan fingerprint density at radius 1 is 1.19 bits per heavy atom. The highest BCUT2D eigenvalue weighted by molar-refractivity contribution is 6.05. The van der Waals surface area contributed by atoms with Crippen molar-refractivity contribution < 1.29 is 23.5 Å². The van der Waals surface area contributed by atoms with Crippen LogP contribution in [0.1, 0.15) is 36.3 Å². The molecule has 11 nitrogen and oxygen atoms in total. The third kappa shape index (κ3) is 5.49. The van der Waals surface area contributed by atoms with Crippen molar-refractivity contribution in [1.82, 2.24) is 24.9 Å². The van der Waals surface area contributed by atoms with Crippen LogP contribution in [-0.4, -0.2) is 74.4 Å². The number of nitrogens with zero attached hydrogens (tertiary/aromatic N) is 5. The van der Waals surface area contributed by atoms with E-state index in [1.54, 1.807) is 30.6 Å². The number of primary amides is 1. The summed E-state index contributed by atoms with van der Waals surface area (Å²) in [5.74, 6) is -0.215. The number of benzene rings is 2. The van der Waals surface area contributed by atoms with Crippen LogP contribution in [0.3, 0.4) is 0 Å². The fourth-order valence-electron chi connectivity index (χ4n) is 5.74. The van der Waals surface area contributed by atoms with E-state index in [0.29, 0.717) is 10.9 Å². The Kier molecular flexibility index (Phi) is 7.23. The SMILES string of the molecule is CC1(C)Cc2cccc(NCOCC3CC(F)CN3C(=O)Cn3nc(C(N)=O)c4cc(-c5ccnnc5)ccc43)c2O1. The summed E-state index contributed by atoms with van der Waals surface area (Å²) in [6.07, 6.45) is 3.03. The Balaban J connectivity index is 1.12. The van der Waals surface area contributed by atoms with Crippen LogP contribution in [0.2, 0.25) is 0 Å². The van der Waals surface area contributed by atoms with Crippen LogP contribution in [0.5, 0.6) is 5.75 Å². The molecule has 6 rings (SSSR count). The molecule has 4 heterocycles. The van der Waals surface area contributed by atoms with Crippen molar-refractivity contribution in [2.75, 3.05) is 25.2 Å². The lowest BCUT2D eigenvalue weighted by Crippen LogP contribution is -2.40. The molecule has 2 aromatic carbocycles. The van der Waals surface area contributed by atoms with Gasteiger partial charge in [0.25, 0.3) is 5.91 Å². The van der Waals surface area contributed by atoms with Crippen molar-refractivity contribution in [2.24, 2.45) is 5.73 Å². The topological polar surface area (TPSA) is 137 Å². The highest BCUT2D eigenvalue weighted by atomic mass is 19.1. The molecule has 3 N–H and O–H groups in total. The number of aromatic nitrogens is 4. The number of carbonyl (C=O) groups excluding carboxylic acids is 2. The first-order chi connectivity index (χ1) is 20.2. The van der Waals surface area contributed by atoms with E-state index in [0.717, 1.165) is 34.5 Å². The highest BCUT2D eigenvalue weighted by Gasteiger charge is 2.36. The fourth-order valence-corrected chi connectivity index (χ4v) is 5.74. The quantitative estimate of drug-likeness (QED) is 0.230. The standard InChI is InChI=1S/C30H32FN7O4/c1-30(2)12-19-4-3-5-24(28(19)42-30)33-17-41-16-22-11-21(31)14-37(22)26(39)15-38-25-7-6-18(20-8-9-34-35-13-20)10-23(25)27(36-38)29(32)40/h3-10,13,21-22,33H,11-12,14-17H2,1-2H3,(H2,32,40). The molecule has 0 aliphatic carbocycles. The lowest BCUT2D eigenvalue weighted by Gasteiger charge is -2.24. The fraction of sp³-hybridized carbons (Fsp3) is 0.367. The Hall–Kier alpha value is -4.58. The minimum Gasteiger partial charge on any atom is -0.485 e. The van der Waals surface area contributed by atoms with E-state index in [9.17, 15) is 14.0 Å². The first kappa shape index (κ1) is 27.6. The molecule has 42 heavy (non-hydrogen) atoms. The van der Waals surface area contributed by atoms with Crippen LogP contribution in [0.4, 0.5) is 10.1 Å². The van der Waals surface area contributed by atoms with E-state index in [4.69, 9.17) is 15.2 Å². The molecule has 2 aliphatic rings. The Labute approximate surface area is 241 Å². The second-order valence-corrected chi connectivity index (χ2v) is 11.3. The number of nitrogens with one attached hydrogen (secondary N) is 1. The van der Waals surface area contributed by atoms with Gasteiger partial charge in [-0.25, -0.2) is 4.39 Å². The molecular formula is C30H32FN7O4. The lowest BCUT2D eigenvalue weighted by molar-refractivity contribution is -0.134. The summed E-state index contributed by atoms with van der Waals surface area (Å²) in [6.45, 7) is 4.23. The van der Waals surface area contributed by atoms with Crippen LogP contribution in [0.25, 0.3) is 22.0 Å². The molecule has 1 saturated heterocycles. The molecule has 2 aromatic heterocycles. The van der Waals surface area contributed by atoms with Crippen molar-refractivity contribution in [3.05, 3.63) is 66.1 Å². The van der Waals surface area contributed by atoms with Crippen LogP contribution in [-0.2, 0) is 22.5 Å². The molecule has 2 aliphatic heterocycles. The second kappa shape index (κ2) is 11.0. The van der Waals surface area contributed by atoms with Gasteiger partial charge in [-0.15, -0.1) is 0 Å². The monoisotopic (exact) mass is 573 g/mol. The summed E-state index contributed by atoms with van der Waals surface area (Å²) < 4.78 is 27.9. The number of carbonyl (C=O) groups is 2. The van der Waals surface area contributed by atoms with Crippen LogP contribution in [0, 0.1) is 0 Å². The Morgan fingerprint density at radius 3 is 2.83 bits per heavy atom. The molecule has 0 radical (unpaired) electrons. The van der Waals surface area contributed by atoms with Gasteiger partial charge in [0.15, 0.2) is 5.69 Å². The predicted molar refractivity (Wildman–Crippen MR) is 154 cm³/mol. The van der Waals surface area contributed by atoms with Crippen molar-refractivity contribution in [1.29, 1.82) is 0 Å². The van der Waals surface area contributed by atoms with Gasteiger partial charge >= 0.3 is 0 Å². The molecule has 0 bridgehead atoms. The minimum absolute atomic E-state index is 0.0313. The number of amides is 2. The summed E-state index contributed by atoms with van der Waals surface area (Å²) in [5, 5.41) is 15.8. The number of anilines is 1. The van der Waals surface area contributed by atoms with E-state index in [1.807, 2.05) is 38.1 Å². The summed E-state index contributed by atoms with van der Waals surface area (Å²) in [5.41, 5.74) is 9.54. The normalized spacial score (nSPS) is 19.1. The van der Waals surface area contributed by atoms with Crippen molar-refractivity contribution in [3.63, 3.8) is 0 Å². The highest BCUT2D eigenvalue weighted by Crippen LogP contribution is 2.40. The first-order valence-corrected chi connectivity index (χ1v) is 13.8. The number of para-hydroxylation sites is 1. The number of hydrogen-bond acceptors (Lipinski definition) is 8. The van der Waals surface area contributed by atoms with Crippen LogP contribution >= 0.6 is 0 Å². The zero-order valence-electron chi connectivity index (χ0n) is 23.4. The van der Waals surface area contributed by atoms with Gasteiger partial charge in [-0.05, 0) is 43.7 Å². The zero-order valence-corrected chi connectivity index (χ0v) is 23.4. The van der Waals surface area contributed by atoms with Gasteiger partial charge in [0.1, 0.15) is 30.8 Å². The number of halogens is 1. The van der Waals surface area contributed by atoms with E-state index >= 15 is 0 Å². The minimum atomic E-state index is -1.16. The molecule has 0 saturated carbocycles. The van der Waals surface area contributed by atoms with Gasteiger partial charge in [0.2, 0.25) is 5.91 Å². The maximum absolute atomic E-state index is 14.5. The Bertz CT molecular complexity index is 1640. The van der Waals surface area contributed by atoms with Crippen LogP contribution in [0.15, 0.2) is 54.9 Å². The third-order valence-corrected chi connectivity index (χ3v) is 7.64. The number of fused-ring (bicyclic) bond motifs is 2. The summed E-state index contributed by atoms with van der Waals surface area (Å²) >= 11 is 0. The van der Waals surface area contributed by atoms with Gasteiger partial charge in [0, 0.05) is 29.4 Å². The molecule has 12 heteroatoms. The van der Waals surface area contributed by atoms with Gasteiger partial charge in [-0.1, -0.05) is 18.2 Å². The predicted octanol–water partition coefficient (Wildman–Crippen LogP) is 3.33. The molecule has 1 fully saturated rings. The molecule has 4 aromatic rings. The average Bonchev–Trinajstić information content (AvgIpc) is 3.63. The number of nitrogens with two attached hydrogens (primary N) is 1. The molecule has 218 valence electrons. The number of hydrogen-bond donors (Lipinski definition) is 2. The van der Waals surface area contributed by atoms with Crippen molar-refractivity contribution in [3.8, 4) is 16.9 Å². The van der Waals surface area contributed by atoms with Gasteiger partial charge in [-0.3, -0.25) is 14.3 Å². The maximum atomic E-state index is 14.5. The van der Waals surface area contributed by atoms with Gasteiger partial charge < -0.3 is 25.4 Å². The summed E-state index contributed by atoms with van der Waals surface area (Å²) in [4.78, 5) is 27.1. The first-order valence-electron chi connectivity index (χ1n) is 13.8. The molecular weight excluding hydrogens is 541 g/mol. The van der Waals surface area contributed by atoms with Crippen LogP contribution < -0.4 is 15.8 Å². The lowest BCUT2D eigenvalue weighted by atomic mass is 10.0. The molecule has 0 spiro atoms. The summed E-state index contributed by atoms with van der Waals surface area (Å²) in [6, 6.07) is 12.7. The van der Waals surface area contributed by atoms with E-state index in [1.165, 1.54) is 9.58 Å². The van der Waals surface area contributed by atoms with E-state index in [2.05, 4.69) is 20.6 Å². The number of ether oxygens (including phenoxy) is 2. The molecule has 2 amide bonds. The largest absolute Gasteiger partial charge is 0.485 e. The average molecular weight is 574 g/mol. The van der Waals surface area contributed by atoms with E-state index in [-0.39, 0.29) is 50.1 Å². The third-order valence-electron chi connectivity index (χ3n) is 7.64. The molecule has 2 unspecified atom stereocenters. The maximum Gasteiger partial charge on any atom is 0.269 e. The number of likely N-dealkylation sites (tertiary alicyclic amines) is 1. The van der Waals surface area contributed by atoms with Gasteiger partial charge in [0.05, 0.1) is 42.8 Å². The van der Waals surface area contributed by atoms with Crippen molar-refractivity contribution >= 4 is 28.4 Å². The summed E-state index contributed by atoms with van der Waals surface area (Å²) in [7, 11) is 0. The number of rotatable bonds is 9. The number of alkyl halides is 1. The smallest absolute Gasteiger partial charge is 0.269 e. The Morgan fingerprint density at radius 2 is 2.05 bits per heavy atom.